The van der Waals surface area contributed by atoms with Gasteiger partial charge in [0.25, 0.3) is 0 Å². The first-order valence-corrected chi connectivity index (χ1v) is 24.1. The lowest BCUT2D eigenvalue weighted by molar-refractivity contribution is 0.596. The molecule has 318 valence electrons. The number of benzene rings is 11. The fourth-order valence-corrected chi connectivity index (χ4v) is 12.3. The minimum Gasteiger partial charge on any atom is -0.308 e. The Balaban J connectivity index is 1.26. The van der Waals surface area contributed by atoms with Gasteiger partial charge in [0.05, 0.1) is 54.5 Å². The Morgan fingerprint density at radius 3 is 1.07 bits per heavy atom. The Hall–Kier alpha value is -8.96. The second kappa shape index (κ2) is 14.3. The monoisotopic (exact) mass is 888 g/mol. The first-order chi connectivity index (χ1) is 33.4. The molecule has 0 N–H and O–H groups in total. The molecule has 14 rings (SSSR count). The van der Waals surface area contributed by atoms with Crippen molar-refractivity contribution in [1.82, 2.24) is 13.7 Å². The molecule has 11 aromatic carbocycles. The van der Waals surface area contributed by atoms with Crippen LogP contribution in [-0.4, -0.2) is 22.1 Å². The molecule has 0 spiro atoms. The fourth-order valence-electron chi connectivity index (χ4n) is 11.0. The number of rotatable bonds is 5. The lowest BCUT2D eigenvalue weighted by Gasteiger charge is -2.14. The molecular formula is C61H36N4O2S. The summed E-state index contributed by atoms with van der Waals surface area (Å²) in [5, 5.41) is 23.1. The van der Waals surface area contributed by atoms with Crippen LogP contribution in [0.5, 0.6) is 0 Å². The van der Waals surface area contributed by atoms with E-state index in [1.54, 1.807) is 30.3 Å². The number of para-hydroxylation sites is 2. The molecular weight excluding hydrogens is 853 g/mol. The summed E-state index contributed by atoms with van der Waals surface area (Å²) in [6.07, 6.45) is 0. The zero-order valence-corrected chi connectivity index (χ0v) is 37.1. The highest BCUT2D eigenvalue weighted by atomic mass is 32.2. The van der Waals surface area contributed by atoms with Crippen molar-refractivity contribution in [2.45, 2.75) is 9.79 Å². The van der Waals surface area contributed by atoms with Gasteiger partial charge in [-0.2, -0.15) is 5.26 Å². The zero-order valence-electron chi connectivity index (χ0n) is 36.3. The van der Waals surface area contributed by atoms with Gasteiger partial charge in [-0.05, 0) is 135 Å². The first kappa shape index (κ1) is 38.3. The van der Waals surface area contributed by atoms with Crippen LogP contribution in [0, 0.1) is 11.3 Å². The van der Waals surface area contributed by atoms with Gasteiger partial charge in [0.2, 0.25) is 9.84 Å². The van der Waals surface area contributed by atoms with Crippen LogP contribution >= 0.6 is 0 Å². The van der Waals surface area contributed by atoms with Crippen molar-refractivity contribution in [3.05, 3.63) is 224 Å². The van der Waals surface area contributed by atoms with Crippen LogP contribution in [0.15, 0.2) is 228 Å². The molecule has 0 aliphatic heterocycles. The van der Waals surface area contributed by atoms with Crippen LogP contribution < -0.4 is 0 Å². The zero-order chi connectivity index (χ0) is 45.3. The second-order valence-electron chi connectivity index (χ2n) is 17.6. The second-order valence-corrected chi connectivity index (χ2v) is 19.6. The van der Waals surface area contributed by atoms with E-state index in [0.29, 0.717) is 5.56 Å². The third kappa shape index (κ3) is 5.41. The van der Waals surface area contributed by atoms with Gasteiger partial charge in [-0.3, -0.25) is 0 Å². The van der Waals surface area contributed by atoms with Crippen LogP contribution in [-0.2, 0) is 9.84 Å². The molecule has 0 saturated heterocycles. The summed E-state index contributed by atoms with van der Waals surface area (Å²) >= 11 is 0. The molecule has 0 fully saturated rings. The normalized spacial score (nSPS) is 12.2. The highest BCUT2D eigenvalue weighted by Gasteiger charge is 2.30. The molecule has 3 aromatic heterocycles. The Labute approximate surface area is 389 Å². The molecule has 0 saturated carbocycles. The van der Waals surface area contributed by atoms with Crippen molar-refractivity contribution >= 4 is 108 Å². The van der Waals surface area contributed by atoms with Crippen LogP contribution in [0.25, 0.3) is 115 Å². The molecule has 14 aromatic rings. The maximum atomic E-state index is 14.2. The van der Waals surface area contributed by atoms with Crippen molar-refractivity contribution < 1.29 is 8.42 Å². The topological polar surface area (TPSA) is 72.7 Å². The molecule has 0 bridgehead atoms. The molecule has 0 amide bonds. The average molecular weight is 889 g/mol. The van der Waals surface area contributed by atoms with E-state index in [4.69, 9.17) is 0 Å². The predicted molar refractivity (Wildman–Crippen MR) is 279 cm³/mol. The van der Waals surface area contributed by atoms with E-state index in [2.05, 4.69) is 190 Å². The number of hydrogen-bond donors (Lipinski definition) is 0. The van der Waals surface area contributed by atoms with Gasteiger partial charge in [-0.15, -0.1) is 0 Å². The molecule has 0 radical (unpaired) electrons. The summed E-state index contributed by atoms with van der Waals surface area (Å²) in [5.41, 5.74) is 9.60. The average Bonchev–Trinajstić information content (AvgIpc) is 4.01. The lowest BCUT2D eigenvalue weighted by Crippen LogP contribution is -2.03. The van der Waals surface area contributed by atoms with Crippen molar-refractivity contribution in [3.8, 4) is 23.1 Å². The summed E-state index contributed by atoms with van der Waals surface area (Å²) in [4.78, 5) is 0.234. The maximum Gasteiger partial charge on any atom is 0.206 e. The molecule has 0 unspecified atom stereocenters. The Bertz CT molecular complexity index is 4550. The maximum absolute atomic E-state index is 14.2. The Kier molecular flexibility index (Phi) is 8.04. The van der Waals surface area contributed by atoms with Crippen LogP contribution in [0.1, 0.15) is 5.56 Å². The van der Waals surface area contributed by atoms with Gasteiger partial charge >= 0.3 is 0 Å². The summed E-state index contributed by atoms with van der Waals surface area (Å²) < 4.78 is 35.7. The lowest BCUT2D eigenvalue weighted by atomic mass is 9.99. The molecule has 6 nitrogen and oxygen atoms in total. The first-order valence-electron chi connectivity index (χ1n) is 22.6. The summed E-state index contributed by atoms with van der Waals surface area (Å²) in [6, 6.07) is 76.7. The van der Waals surface area contributed by atoms with Gasteiger partial charge in [-0.25, -0.2) is 8.42 Å². The van der Waals surface area contributed by atoms with E-state index in [-0.39, 0.29) is 9.79 Å². The third-order valence-electron chi connectivity index (χ3n) is 13.9. The van der Waals surface area contributed by atoms with E-state index in [1.807, 2.05) is 12.1 Å². The van der Waals surface area contributed by atoms with E-state index in [0.717, 1.165) is 115 Å². The van der Waals surface area contributed by atoms with E-state index < -0.39 is 9.84 Å². The Morgan fingerprint density at radius 2 is 0.691 bits per heavy atom. The van der Waals surface area contributed by atoms with Crippen molar-refractivity contribution in [2.24, 2.45) is 0 Å². The highest BCUT2D eigenvalue weighted by Crippen LogP contribution is 2.51. The predicted octanol–water partition coefficient (Wildman–Crippen LogP) is 15.1. The number of aromatic nitrogens is 3. The van der Waals surface area contributed by atoms with E-state index in [1.165, 1.54) is 6.07 Å². The molecule has 68 heavy (non-hydrogen) atoms. The standard InChI is InChI=1S/C61H36N4O2S/c62-37-38-14-13-25-49(30-38)68(66,67)48-28-26-47(27-29-48)65-55-36-44-20-12-9-17-41(44)33-52(55)58-60-56(50-31-39-15-7-10-18-42(39)34-53(50)63(60)45-21-3-1-4-22-45)59-57(61(58)65)51-32-40-16-8-11-19-43(40)35-54(51)64(59)46-23-5-2-6-24-46/h1-36H. The molecule has 3 heterocycles. The Morgan fingerprint density at radius 1 is 0.338 bits per heavy atom. The molecule has 0 aliphatic rings. The summed E-state index contributed by atoms with van der Waals surface area (Å²) in [6.45, 7) is 0. The quantitative estimate of drug-likeness (QED) is 0.173. The summed E-state index contributed by atoms with van der Waals surface area (Å²) in [5.74, 6) is 0. The van der Waals surface area contributed by atoms with Crippen molar-refractivity contribution in [1.29, 1.82) is 5.26 Å². The van der Waals surface area contributed by atoms with Gasteiger partial charge in [0, 0.05) is 49.4 Å². The number of fused-ring (bicyclic) bond motifs is 15. The molecule has 0 atom stereocenters. The largest absolute Gasteiger partial charge is 0.308 e. The number of hydrogen-bond acceptors (Lipinski definition) is 3. The minimum absolute atomic E-state index is 0.0825. The van der Waals surface area contributed by atoms with Gasteiger partial charge < -0.3 is 13.7 Å². The SMILES string of the molecule is N#Cc1cccc(S(=O)(=O)c2ccc(-n3c4cc5ccccc5cc4c4c5c(c6cc7ccccc7cc6n5-c5ccccc5)c5c(c6cc7ccccc7cc6n5-c5ccccc5)c43)cc2)c1. The molecule has 7 heteroatoms. The smallest absolute Gasteiger partial charge is 0.206 e. The molecule has 0 aliphatic carbocycles. The summed E-state index contributed by atoms with van der Waals surface area (Å²) in [7, 11) is -3.95. The van der Waals surface area contributed by atoms with Crippen LogP contribution in [0.2, 0.25) is 0 Å². The number of sulfone groups is 1. The fraction of sp³-hybridized carbons (Fsp3) is 0. The third-order valence-corrected chi connectivity index (χ3v) is 15.7. The highest BCUT2D eigenvalue weighted by molar-refractivity contribution is 7.91. The van der Waals surface area contributed by atoms with Gasteiger partial charge in [0.1, 0.15) is 0 Å². The van der Waals surface area contributed by atoms with Gasteiger partial charge in [-0.1, -0.05) is 115 Å². The minimum atomic E-state index is -3.95. The van der Waals surface area contributed by atoms with Gasteiger partial charge in [0.15, 0.2) is 0 Å². The van der Waals surface area contributed by atoms with Crippen molar-refractivity contribution in [3.63, 3.8) is 0 Å². The number of nitrogens with zero attached hydrogens (tertiary/aromatic N) is 4. The number of nitriles is 1. The van der Waals surface area contributed by atoms with Crippen LogP contribution in [0.3, 0.4) is 0 Å². The van der Waals surface area contributed by atoms with Crippen molar-refractivity contribution in [2.75, 3.05) is 0 Å². The van der Waals surface area contributed by atoms with Crippen LogP contribution in [0.4, 0.5) is 0 Å². The van der Waals surface area contributed by atoms with E-state index >= 15 is 0 Å². The van der Waals surface area contributed by atoms with E-state index in [9.17, 15) is 13.7 Å².